The maximum atomic E-state index is 10.3. The van der Waals surface area contributed by atoms with Gasteiger partial charge in [-0.05, 0) is 13.0 Å². The van der Waals surface area contributed by atoms with Crippen LogP contribution < -0.4 is 11.1 Å². The summed E-state index contributed by atoms with van der Waals surface area (Å²) < 4.78 is 20.4. The number of ether oxygens (including phenoxy) is 1. The van der Waals surface area contributed by atoms with Crippen LogP contribution in [0.5, 0.6) is 0 Å². The fourth-order valence-corrected chi connectivity index (χ4v) is 3.06. The van der Waals surface area contributed by atoms with Crippen LogP contribution in [0.4, 0.5) is 4.79 Å². The molecule has 0 saturated heterocycles. The zero-order valence-electron chi connectivity index (χ0n) is 10.7. The SMILES string of the molecule is CO[Si](CCCNCCOC(N)=O)(OC)OC. The maximum Gasteiger partial charge on any atom is 0.500 e. The first kappa shape index (κ1) is 16.3. The number of amides is 1. The topological polar surface area (TPSA) is 92.0 Å². The molecule has 0 aliphatic carbocycles. The van der Waals surface area contributed by atoms with Crippen LogP contribution in [0.1, 0.15) is 6.42 Å². The summed E-state index contributed by atoms with van der Waals surface area (Å²) in [7, 11) is 2.32. The van der Waals surface area contributed by atoms with E-state index in [4.69, 9.17) is 19.0 Å². The van der Waals surface area contributed by atoms with Gasteiger partial charge in [0.2, 0.25) is 0 Å². The van der Waals surface area contributed by atoms with Gasteiger partial charge in [0.05, 0.1) is 0 Å². The highest BCUT2D eigenvalue weighted by Crippen LogP contribution is 2.14. The zero-order chi connectivity index (χ0) is 13.1. The molecule has 0 bridgehead atoms. The summed E-state index contributed by atoms with van der Waals surface area (Å²) in [5, 5.41) is 3.11. The number of hydrogen-bond donors (Lipinski definition) is 2. The van der Waals surface area contributed by atoms with Crippen LogP contribution in [0.15, 0.2) is 0 Å². The Hall–Kier alpha value is -0.673. The smallest absolute Gasteiger partial charge is 0.448 e. The van der Waals surface area contributed by atoms with Gasteiger partial charge in [-0.2, -0.15) is 0 Å². The van der Waals surface area contributed by atoms with Crippen molar-refractivity contribution < 1.29 is 22.8 Å². The lowest BCUT2D eigenvalue weighted by atomic mass is 10.5. The summed E-state index contributed by atoms with van der Waals surface area (Å²) in [5.74, 6) is 0. The largest absolute Gasteiger partial charge is 0.500 e. The second-order valence-corrected chi connectivity index (χ2v) is 6.41. The van der Waals surface area contributed by atoms with E-state index >= 15 is 0 Å². The third-order valence-corrected chi connectivity index (χ3v) is 5.12. The molecule has 102 valence electrons. The van der Waals surface area contributed by atoms with Gasteiger partial charge in [0.25, 0.3) is 0 Å². The molecular formula is C9H22N2O5Si. The lowest BCUT2D eigenvalue weighted by Crippen LogP contribution is -2.43. The number of carbonyl (C=O) groups is 1. The Labute approximate surface area is 103 Å². The van der Waals surface area contributed by atoms with Crippen molar-refractivity contribution in [3.8, 4) is 0 Å². The van der Waals surface area contributed by atoms with E-state index in [1.165, 1.54) is 0 Å². The molecule has 0 heterocycles. The molecule has 8 heteroatoms. The summed E-state index contributed by atoms with van der Waals surface area (Å²) in [6.45, 7) is 1.62. The molecule has 7 nitrogen and oxygen atoms in total. The highest BCUT2D eigenvalue weighted by molar-refractivity contribution is 6.60. The van der Waals surface area contributed by atoms with Gasteiger partial charge in [0.15, 0.2) is 0 Å². The van der Waals surface area contributed by atoms with Gasteiger partial charge in [-0.15, -0.1) is 0 Å². The number of primary amides is 1. The van der Waals surface area contributed by atoms with Crippen molar-refractivity contribution in [2.45, 2.75) is 12.5 Å². The molecule has 0 aromatic rings. The predicted molar refractivity (Wildman–Crippen MR) is 64.6 cm³/mol. The minimum atomic E-state index is -2.45. The van der Waals surface area contributed by atoms with E-state index in [0.29, 0.717) is 6.54 Å². The average Bonchev–Trinajstić information content (AvgIpc) is 2.33. The summed E-state index contributed by atoms with van der Waals surface area (Å²) >= 11 is 0. The normalized spacial score (nSPS) is 11.5. The molecule has 0 saturated carbocycles. The first-order valence-electron chi connectivity index (χ1n) is 5.38. The summed E-state index contributed by atoms with van der Waals surface area (Å²) in [6, 6.07) is 0.736. The molecule has 0 rings (SSSR count). The Morgan fingerprint density at radius 3 is 2.24 bits per heavy atom. The molecule has 3 N–H and O–H groups in total. The Morgan fingerprint density at radius 2 is 1.76 bits per heavy atom. The second-order valence-electron chi connectivity index (χ2n) is 3.32. The third kappa shape index (κ3) is 7.29. The number of hydrogen-bond acceptors (Lipinski definition) is 6. The van der Waals surface area contributed by atoms with Crippen molar-refractivity contribution in [2.75, 3.05) is 41.0 Å². The molecule has 1 amide bonds. The second kappa shape index (κ2) is 9.37. The zero-order valence-corrected chi connectivity index (χ0v) is 11.7. The molecule has 0 aromatic carbocycles. The van der Waals surface area contributed by atoms with Crippen LogP contribution in [-0.2, 0) is 18.0 Å². The molecule has 17 heavy (non-hydrogen) atoms. The molecule has 0 atom stereocenters. The summed E-state index contributed by atoms with van der Waals surface area (Å²) in [4.78, 5) is 10.3. The lowest BCUT2D eigenvalue weighted by molar-refractivity contribution is 0.123. The molecular weight excluding hydrogens is 244 g/mol. The number of nitrogens with one attached hydrogen (secondary N) is 1. The fourth-order valence-electron chi connectivity index (χ4n) is 1.33. The van der Waals surface area contributed by atoms with Crippen molar-refractivity contribution in [1.29, 1.82) is 0 Å². The maximum absolute atomic E-state index is 10.3. The van der Waals surface area contributed by atoms with Crippen molar-refractivity contribution in [1.82, 2.24) is 5.32 Å². The van der Waals surface area contributed by atoms with Crippen molar-refractivity contribution in [3.05, 3.63) is 0 Å². The molecule has 0 spiro atoms. The molecule has 0 unspecified atom stereocenters. The van der Waals surface area contributed by atoms with E-state index in [-0.39, 0.29) is 6.61 Å². The summed E-state index contributed by atoms with van der Waals surface area (Å²) in [6.07, 6.45) is 0.106. The fraction of sp³-hybridized carbons (Fsp3) is 0.889. The molecule has 0 aliphatic rings. The molecule has 0 aliphatic heterocycles. The monoisotopic (exact) mass is 266 g/mol. The van der Waals surface area contributed by atoms with Gasteiger partial charge in [0.1, 0.15) is 6.61 Å². The van der Waals surface area contributed by atoms with E-state index in [0.717, 1.165) is 19.0 Å². The van der Waals surface area contributed by atoms with Gasteiger partial charge in [0, 0.05) is 33.9 Å². The average molecular weight is 266 g/mol. The summed E-state index contributed by atoms with van der Waals surface area (Å²) in [5.41, 5.74) is 4.81. The van der Waals surface area contributed by atoms with Gasteiger partial charge >= 0.3 is 14.9 Å². The Bertz CT molecular complexity index is 205. The molecule has 0 aromatic heterocycles. The first-order chi connectivity index (χ1) is 8.10. The molecule has 0 radical (unpaired) electrons. The van der Waals surface area contributed by atoms with Crippen LogP contribution in [-0.4, -0.2) is 55.9 Å². The van der Waals surface area contributed by atoms with Crippen LogP contribution in [0.2, 0.25) is 6.04 Å². The molecule has 0 fully saturated rings. The van der Waals surface area contributed by atoms with E-state index < -0.39 is 14.9 Å². The van der Waals surface area contributed by atoms with E-state index in [1.807, 2.05) is 0 Å². The van der Waals surface area contributed by atoms with Crippen molar-refractivity contribution in [2.24, 2.45) is 5.73 Å². The standard InChI is InChI=1S/C9H22N2O5Si/c1-13-17(14-2,15-3)8-4-5-11-6-7-16-9(10)12/h11H,4-8H2,1-3H3,(H2,10,12). The van der Waals surface area contributed by atoms with Gasteiger partial charge in [-0.1, -0.05) is 0 Å². The van der Waals surface area contributed by atoms with Crippen molar-refractivity contribution in [3.63, 3.8) is 0 Å². The minimum Gasteiger partial charge on any atom is -0.448 e. The number of carbonyl (C=O) groups excluding carboxylic acids is 1. The quantitative estimate of drug-likeness (QED) is 0.425. The first-order valence-corrected chi connectivity index (χ1v) is 7.32. The highest BCUT2D eigenvalue weighted by atomic mass is 28.4. The third-order valence-electron chi connectivity index (χ3n) is 2.29. The highest BCUT2D eigenvalue weighted by Gasteiger charge is 2.36. The lowest BCUT2D eigenvalue weighted by Gasteiger charge is -2.24. The van der Waals surface area contributed by atoms with Crippen LogP contribution in [0.25, 0.3) is 0 Å². The Morgan fingerprint density at radius 1 is 1.18 bits per heavy atom. The number of rotatable bonds is 10. The van der Waals surface area contributed by atoms with Gasteiger partial charge in [-0.25, -0.2) is 4.79 Å². The van der Waals surface area contributed by atoms with Crippen LogP contribution in [0.3, 0.4) is 0 Å². The minimum absolute atomic E-state index is 0.275. The van der Waals surface area contributed by atoms with E-state index in [9.17, 15) is 4.79 Å². The van der Waals surface area contributed by atoms with E-state index in [2.05, 4.69) is 10.1 Å². The van der Waals surface area contributed by atoms with E-state index in [1.54, 1.807) is 21.3 Å². The number of nitrogens with two attached hydrogens (primary N) is 1. The van der Waals surface area contributed by atoms with Gasteiger partial charge in [-0.3, -0.25) is 0 Å². The van der Waals surface area contributed by atoms with Crippen LogP contribution >= 0.6 is 0 Å². The van der Waals surface area contributed by atoms with Crippen molar-refractivity contribution >= 4 is 14.9 Å². The van der Waals surface area contributed by atoms with Crippen LogP contribution in [0, 0.1) is 0 Å². The van der Waals surface area contributed by atoms with Gasteiger partial charge < -0.3 is 29.1 Å². The Kier molecular flexibility index (Phi) is 9.00. The predicted octanol–water partition coefficient (Wildman–Crippen LogP) is -0.0605. The Balaban J connectivity index is 3.52.